The number of rotatable bonds is 5. The monoisotopic (exact) mass is 272 g/mol. The Bertz CT molecular complexity index is 348. The number of hydrogen-bond donors (Lipinski definition) is 2. The Hall–Kier alpha value is -1.30. The number of aliphatic hydroxyl groups is 1. The third kappa shape index (κ3) is 3.18. The summed E-state index contributed by atoms with van der Waals surface area (Å²) in [5.41, 5.74) is -0.798. The maximum Gasteiger partial charge on any atom is 0.320 e. The van der Waals surface area contributed by atoms with Gasteiger partial charge in [-0.05, 0) is 19.8 Å². The molecule has 0 radical (unpaired) electrons. The van der Waals surface area contributed by atoms with Gasteiger partial charge in [-0.15, -0.1) is 0 Å². The molecular formula is C13H24N2O4. The van der Waals surface area contributed by atoms with Gasteiger partial charge in [0.1, 0.15) is 0 Å². The highest BCUT2D eigenvalue weighted by molar-refractivity contribution is 5.79. The minimum Gasteiger partial charge on any atom is -0.481 e. The Kier molecular flexibility index (Phi) is 5.17. The van der Waals surface area contributed by atoms with Crippen molar-refractivity contribution in [3.8, 4) is 0 Å². The van der Waals surface area contributed by atoms with Crippen molar-refractivity contribution < 1.29 is 19.8 Å². The molecule has 0 bridgehead atoms. The van der Waals surface area contributed by atoms with Gasteiger partial charge < -0.3 is 20.0 Å². The van der Waals surface area contributed by atoms with Gasteiger partial charge in [0.25, 0.3) is 0 Å². The normalized spacial score (nSPS) is 24.3. The summed E-state index contributed by atoms with van der Waals surface area (Å²) in [7, 11) is 1.63. The van der Waals surface area contributed by atoms with Crippen molar-refractivity contribution in [2.75, 3.05) is 26.7 Å². The van der Waals surface area contributed by atoms with Crippen molar-refractivity contribution in [2.45, 2.75) is 39.2 Å². The number of nitrogens with zero attached hydrogens (tertiary/aromatic N) is 2. The Balaban J connectivity index is 2.74. The van der Waals surface area contributed by atoms with Crippen molar-refractivity contribution in [3.63, 3.8) is 0 Å². The molecule has 0 aromatic carbocycles. The Morgan fingerprint density at radius 3 is 2.58 bits per heavy atom. The molecule has 1 aliphatic heterocycles. The molecular weight excluding hydrogens is 248 g/mol. The van der Waals surface area contributed by atoms with Crippen LogP contribution in [-0.4, -0.2) is 64.8 Å². The van der Waals surface area contributed by atoms with Gasteiger partial charge in [0.15, 0.2) is 0 Å². The van der Waals surface area contributed by atoms with Crippen LogP contribution in [0.2, 0.25) is 0 Å². The van der Waals surface area contributed by atoms with Crippen LogP contribution >= 0.6 is 0 Å². The number of carbonyl (C=O) groups excluding carboxylic acids is 1. The number of amides is 2. The lowest BCUT2D eigenvalue weighted by atomic mass is 9.83. The first-order valence-corrected chi connectivity index (χ1v) is 6.74. The van der Waals surface area contributed by atoms with Gasteiger partial charge in [0.05, 0.1) is 18.1 Å². The Labute approximate surface area is 114 Å². The number of urea groups is 1. The lowest BCUT2D eigenvalue weighted by Crippen LogP contribution is -2.46. The first kappa shape index (κ1) is 15.8. The fourth-order valence-corrected chi connectivity index (χ4v) is 2.53. The number of carbonyl (C=O) groups is 2. The summed E-state index contributed by atoms with van der Waals surface area (Å²) in [6.07, 6.45) is 1.88. The molecule has 0 saturated carbocycles. The van der Waals surface area contributed by atoms with Gasteiger partial charge in [-0.25, -0.2) is 4.79 Å². The smallest absolute Gasteiger partial charge is 0.320 e. The van der Waals surface area contributed by atoms with Gasteiger partial charge in [0, 0.05) is 20.1 Å². The largest absolute Gasteiger partial charge is 0.481 e. The molecule has 1 heterocycles. The standard InChI is InChI=1S/C13H24N2O4/c1-4-5-13(11(17)18)6-7-15(9-13)12(19)14(3)10(2)8-16/h10,16H,4-9H2,1-3H3,(H,17,18). The molecule has 2 atom stereocenters. The van der Waals surface area contributed by atoms with Crippen LogP contribution in [0.5, 0.6) is 0 Å². The zero-order valence-electron chi connectivity index (χ0n) is 11.9. The molecule has 110 valence electrons. The van der Waals surface area contributed by atoms with E-state index >= 15 is 0 Å². The molecule has 6 heteroatoms. The molecule has 1 aliphatic rings. The fraction of sp³-hybridized carbons (Fsp3) is 0.846. The van der Waals surface area contributed by atoms with Crippen LogP contribution in [0.15, 0.2) is 0 Å². The van der Waals surface area contributed by atoms with Gasteiger partial charge in [-0.3, -0.25) is 4.79 Å². The summed E-state index contributed by atoms with van der Waals surface area (Å²) in [6, 6.07) is -0.473. The van der Waals surface area contributed by atoms with E-state index in [4.69, 9.17) is 5.11 Å². The predicted octanol–water partition coefficient (Wildman–Crippen LogP) is 0.996. The van der Waals surface area contributed by atoms with E-state index < -0.39 is 11.4 Å². The van der Waals surface area contributed by atoms with Gasteiger partial charge in [-0.2, -0.15) is 0 Å². The summed E-state index contributed by atoms with van der Waals surface area (Å²) in [6.45, 7) is 4.33. The van der Waals surface area contributed by atoms with Crippen molar-refractivity contribution in [1.82, 2.24) is 9.80 Å². The van der Waals surface area contributed by atoms with Crippen LogP contribution < -0.4 is 0 Å². The highest BCUT2D eigenvalue weighted by Gasteiger charge is 2.46. The molecule has 6 nitrogen and oxygen atoms in total. The predicted molar refractivity (Wildman–Crippen MR) is 70.9 cm³/mol. The summed E-state index contributed by atoms with van der Waals surface area (Å²) in [5, 5.41) is 18.5. The number of carboxylic acid groups (broad SMARTS) is 1. The van der Waals surface area contributed by atoms with Gasteiger partial charge >= 0.3 is 12.0 Å². The topological polar surface area (TPSA) is 81.1 Å². The average molecular weight is 272 g/mol. The molecule has 1 saturated heterocycles. The van der Waals surface area contributed by atoms with Crippen LogP contribution in [0.3, 0.4) is 0 Å². The first-order valence-electron chi connectivity index (χ1n) is 6.74. The van der Waals surface area contributed by atoms with E-state index in [0.29, 0.717) is 19.4 Å². The molecule has 0 aromatic rings. The molecule has 0 aliphatic carbocycles. The zero-order valence-corrected chi connectivity index (χ0v) is 11.9. The average Bonchev–Trinajstić information content (AvgIpc) is 2.82. The van der Waals surface area contributed by atoms with Crippen LogP contribution in [0, 0.1) is 5.41 Å². The van der Waals surface area contributed by atoms with Crippen molar-refractivity contribution in [1.29, 1.82) is 0 Å². The number of hydrogen-bond acceptors (Lipinski definition) is 3. The van der Waals surface area contributed by atoms with Gasteiger partial charge in [0.2, 0.25) is 0 Å². The lowest BCUT2D eigenvalue weighted by molar-refractivity contribution is -0.148. The Morgan fingerprint density at radius 1 is 1.47 bits per heavy atom. The van der Waals surface area contributed by atoms with Crippen LogP contribution in [0.25, 0.3) is 0 Å². The summed E-state index contributed by atoms with van der Waals surface area (Å²) < 4.78 is 0. The number of likely N-dealkylation sites (N-methyl/N-ethyl adjacent to an activating group) is 1. The molecule has 0 spiro atoms. The molecule has 1 rings (SSSR count). The number of likely N-dealkylation sites (tertiary alicyclic amines) is 1. The Morgan fingerprint density at radius 2 is 2.11 bits per heavy atom. The van der Waals surface area contributed by atoms with Gasteiger partial charge in [-0.1, -0.05) is 13.3 Å². The van der Waals surface area contributed by atoms with Crippen LogP contribution in [0.4, 0.5) is 4.79 Å². The van der Waals surface area contributed by atoms with Crippen LogP contribution in [-0.2, 0) is 4.79 Å². The first-order chi connectivity index (χ1) is 8.88. The van der Waals surface area contributed by atoms with Crippen molar-refractivity contribution in [3.05, 3.63) is 0 Å². The van der Waals surface area contributed by atoms with E-state index in [1.807, 2.05) is 6.92 Å². The van der Waals surface area contributed by atoms with Crippen molar-refractivity contribution >= 4 is 12.0 Å². The van der Waals surface area contributed by atoms with E-state index in [-0.39, 0.29) is 25.2 Å². The molecule has 1 fully saturated rings. The molecule has 2 N–H and O–H groups in total. The maximum atomic E-state index is 12.2. The summed E-state index contributed by atoms with van der Waals surface area (Å²) in [5.74, 6) is -0.817. The van der Waals surface area contributed by atoms with E-state index in [0.717, 1.165) is 6.42 Å². The minimum atomic E-state index is -0.817. The SMILES string of the molecule is CCCC1(C(=O)O)CCN(C(=O)N(C)C(C)CO)C1. The van der Waals surface area contributed by atoms with E-state index in [2.05, 4.69) is 0 Å². The van der Waals surface area contributed by atoms with Crippen molar-refractivity contribution in [2.24, 2.45) is 5.41 Å². The second kappa shape index (κ2) is 6.23. The zero-order chi connectivity index (χ0) is 14.6. The maximum absolute atomic E-state index is 12.2. The second-order valence-electron chi connectivity index (χ2n) is 5.43. The number of aliphatic hydroxyl groups excluding tert-OH is 1. The second-order valence-corrected chi connectivity index (χ2v) is 5.43. The highest BCUT2D eigenvalue weighted by atomic mass is 16.4. The lowest BCUT2D eigenvalue weighted by Gasteiger charge is -2.30. The quantitative estimate of drug-likeness (QED) is 0.782. The fourth-order valence-electron chi connectivity index (χ4n) is 2.53. The summed E-state index contributed by atoms with van der Waals surface area (Å²) >= 11 is 0. The third-order valence-corrected chi connectivity index (χ3v) is 4.03. The third-order valence-electron chi connectivity index (χ3n) is 4.03. The minimum absolute atomic E-state index is 0.102. The number of aliphatic carboxylic acids is 1. The molecule has 0 aromatic heterocycles. The van der Waals surface area contributed by atoms with Crippen LogP contribution in [0.1, 0.15) is 33.1 Å². The van der Waals surface area contributed by atoms with E-state index in [1.54, 1.807) is 18.9 Å². The highest BCUT2D eigenvalue weighted by Crippen LogP contribution is 2.36. The molecule has 2 amide bonds. The van der Waals surface area contributed by atoms with E-state index in [1.165, 1.54) is 4.90 Å². The van der Waals surface area contributed by atoms with E-state index in [9.17, 15) is 14.7 Å². The molecule has 2 unspecified atom stereocenters. The summed E-state index contributed by atoms with van der Waals surface area (Å²) in [4.78, 5) is 26.7. The molecule has 19 heavy (non-hydrogen) atoms. The number of carboxylic acids is 1.